The first-order valence-corrected chi connectivity index (χ1v) is 5.51. The minimum Gasteiger partial charge on any atom is -0.496 e. The molecule has 0 saturated carbocycles. The molecule has 1 atom stereocenters. The van der Waals surface area contributed by atoms with E-state index in [2.05, 4.69) is 13.8 Å². The highest BCUT2D eigenvalue weighted by Gasteiger charge is 2.13. The maximum absolute atomic E-state index is 6.10. The van der Waals surface area contributed by atoms with Crippen LogP contribution in [-0.2, 0) is 0 Å². The van der Waals surface area contributed by atoms with E-state index in [4.69, 9.17) is 22.1 Å². The number of nitrogens with two attached hydrogens (primary N) is 1. The van der Waals surface area contributed by atoms with Crippen LogP contribution in [0.15, 0.2) is 18.2 Å². The number of rotatable bonds is 4. The average molecular weight is 228 g/mol. The van der Waals surface area contributed by atoms with Crippen LogP contribution in [0.1, 0.15) is 31.9 Å². The van der Waals surface area contributed by atoms with Gasteiger partial charge < -0.3 is 10.5 Å². The molecular weight excluding hydrogens is 210 g/mol. The Balaban J connectivity index is 2.92. The van der Waals surface area contributed by atoms with Crippen molar-refractivity contribution in [2.75, 3.05) is 7.11 Å². The lowest BCUT2D eigenvalue weighted by atomic mass is 9.97. The third kappa shape index (κ3) is 3.40. The van der Waals surface area contributed by atoms with Crippen LogP contribution in [0.5, 0.6) is 5.75 Å². The first-order valence-electron chi connectivity index (χ1n) is 5.13. The van der Waals surface area contributed by atoms with Gasteiger partial charge in [0.15, 0.2) is 0 Å². The van der Waals surface area contributed by atoms with Gasteiger partial charge in [-0.15, -0.1) is 0 Å². The SMILES string of the molecule is COc1cc(Cl)ccc1C(N)CC(C)C. The fourth-order valence-electron chi connectivity index (χ4n) is 1.63. The molecule has 0 aliphatic rings. The van der Waals surface area contributed by atoms with Gasteiger partial charge in [-0.2, -0.15) is 0 Å². The summed E-state index contributed by atoms with van der Waals surface area (Å²) in [4.78, 5) is 0. The number of hydrogen-bond acceptors (Lipinski definition) is 2. The van der Waals surface area contributed by atoms with Crippen LogP contribution in [0.4, 0.5) is 0 Å². The summed E-state index contributed by atoms with van der Waals surface area (Å²) in [5, 5.41) is 0.673. The van der Waals surface area contributed by atoms with E-state index in [1.54, 1.807) is 13.2 Å². The van der Waals surface area contributed by atoms with Crippen molar-refractivity contribution in [3.8, 4) is 5.75 Å². The first kappa shape index (κ1) is 12.3. The standard InChI is InChI=1S/C12H18ClNO/c1-8(2)6-11(14)10-5-4-9(13)7-12(10)15-3/h4-5,7-8,11H,6,14H2,1-3H3. The normalized spacial score (nSPS) is 12.9. The van der Waals surface area contributed by atoms with Gasteiger partial charge in [-0.25, -0.2) is 0 Å². The summed E-state index contributed by atoms with van der Waals surface area (Å²) in [7, 11) is 1.64. The molecule has 1 aromatic carbocycles. The summed E-state index contributed by atoms with van der Waals surface area (Å²) in [6, 6.07) is 5.60. The van der Waals surface area contributed by atoms with Crippen molar-refractivity contribution in [1.29, 1.82) is 0 Å². The largest absolute Gasteiger partial charge is 0.496 e. The molecule has 0 radical (unpaired) electrons. The molecule has 84 valence electrons. The van der Waals surface area contributed by atoms with Crippen molar-refractivity contribution >= 4 is 11.6 Å². The summed E-state index contributed by atoms with van der Waals surface area (Å²) in [5.41, 5.74) is 7.12. The summed E-state index contributed by atoms with van der Waals surface area (Å²) >= 11 is 5.89. The highest BCUT2D eigenvalue weighted by molar-refractivity contribution is 6.30. The molecule has 0 saturated heterocycles. The van der Waals surface area contributed by atoms with E-state index in [9.17, 15) is 0 Å². The van der Waals surface area contributed by atoms with Crippen LogP contribution in [0.2, 0.25) is 5.02 Å². The van der Waals surface area contributed by atoms with E-state index in [1.807, 2.05) is 12.1 Å². The molecule has 0 aromatic heterocycles. The smallest absolute Gasteiger partial charge is 0.125 e. The Labute approximate surface area is 96.4 Å². The fourth-order valence-corrected chi connectivity index (χ4v) is 1.79. The molecule has 15 heavy (non-hydrogen) atoms. The van der Waals surface area contributed by atoms with Gasteiger partial charge in [-0.3, -0.25) is 0 Å². The zero-order valence-corrected chi connectivity index (χ0v) is 10.2. The number of benzene rings is 1. The fraction of sp³-hybridized carbons (Fsp3) is 0.500. The maximum Gasteiger partial charge on any atom is 0.125 e. The zero-order chi connectivity index (χ0) is 11.4. The third-order valence-corrected chi connectivity index (χ3v) is 2.56. The van der Waals surface area contributed by atoms with Crippen molar-refractivity contribution in [3.63, 3.8) is 0 Å². The Hall–Kier alpha value is -0.730. The Morgan fingerprint density at radius 1 is 1.40 bits per heavy atom. The Morgan fingerprint density at radius 2 is 2.07 bits per heavy atom. The summed E-state index contributed by atoms with van der Waals surface area (Å²) in [6.07, 6.45) is 0.942. The topological polar surface area (TPSA) is 35.2 Å². The highest BCUT2D eigenvalue weighted by Crippen LogP contribution is 2.30. The quantitative estimate of drug-likeness (QED) is 0.856. The van der Waals surface area contributed by atoms with Crippen molar-refractivity contribution in [3.05, 3.63) is 28.8 Å². The van der Waals surface area contributed by atoms with E-state index >= 15 is 0 Å². The summed E-state index contributed by atoms with van der Waals surface area (Å²) in [5.74, 6) is 1.34. The molecule has 0 amide bonds. The first-order chi connectivity index (χ1) is 7.04. The Kier molecular flexibility index (Phi) is 4.43. The van der Waals surface area contributed by atoms with Crippen molar-refractivity contribution in [2.24, 2.45) is 11.7 Å². The number of hydrogen-bond donors (Lipinski definition) is 1. The second-order valence-corrected chi connectivity index (χ2v) is 4.56. The molecule has 0 spiro atoms. The van der Waals surface area contributed by atoms with E-state index < -0.39 is 0 Å². The maximum atomic E-state index is 6.10. The second-order valence-electron chi connectivity index (χ2n) is 4.12. The Bertz CT molecular complexity index is 325. The summed E-state index contributed by atoms with van der Waals surface area (Å²) < 4.78 is 5.26. The highest BCUT2D eigenvalue weighted by atomic mass is 35.5. The number of methoxy groups -OCH3 is 1. The van der Waals surface area contributed by atoms with Gasteiger partial charge in [0.2, 0.25) is 0 Å². The van der Waals surface area contributed by atoms with E-state index in [0.717, 1.165) is 17.7 Å². The van der Waals surface area contributed by atoms with Crippen LogP contribution < -0.4 is 10.5 Å². The van der Waals surface area contributed by atoms with Crippen LogP contribution in [0.3, 0.4) is 0 Å². The van der Waals surface area contributed by atoms with E-state index in [1.165, 1.54) is 0 Å². The average Bonchev–Trinajstić information content (AvgIpc) is 2.16. The monoisotopic (exact) mass is 227 g/mol. The molecule has 0 aliphatic carbocycles. The minimum atomic E-state index is 0.0113. The van der Waals surface area contributed by atoms with Gasteiger partial charge in [0.1, 0.15) is 5.75 Å². The van der Waals surface area contributed by atoms with Gasteiger partial charge in [0.05, 0.1) is 7.11 Å². The van der Waals surface area contributed by atoms with Crippen molar-refractivity contribution < 1.29 is 4.74 Å². The number of halogens is 1. The molecule has 0 bridgehead atoms. The van der Waals surface area contributed by atoms with Gasteiger partial charge in [-0.05, 0) is 24.5 Å². The molecule has 0 aliphatic heterocycles. The number of ether oxygens (including phenoxy) is 1. The van der Waals surface area contributed by atoms with E-state index in [0.29, 0.717) is 10.9 Å². The van der Waals surface area contributed by atoms with E-state index in [-0.39, 0.29) is 6.04 Å². The van der Waals surface area contributed by atoms with Crippen molar-refractivity contribution in [2.45, 2.75) is 26.3 Å². The molecular formula is C12H18ClNO. The van der Waals surface area contributed by atoms with Gasteiger partial charge in [0.25, 0.3) is 0 Å². The second kappa shape index (κ2) is 5.38. The zero-order valence-electron chi connectivity index (χ0n) is 9.46. The van der Waals surface area contributed by atoms with Gasteiger partial charge in [-0.1, -0.05) is 31.5 Å². The van der Waals surface area contributed by atoms with Crippen molar-refractivity contribution in [1.82, 2.24) is 0 Å². The molecule has 2 N–H and O–H groups in total. The summed E-state index contributed by atoms with van der Waals surface area (Å²) in [6.45, 7) is 4.31. The molecule has 0 fully saturated rings. The third-order valence-electron chi connectivity index (χ3n) is 2.32. The predicted octanol–water partition coefficient (Wildman–Crippen LogP) is 3.39. The van der Waals surface area contributed by atoms with Gasteiger partial charge in [0, 0.05) is 16.6 Å². The van der Waals surface area contributed by atoms with Crippen LogP contribution in [0.25, 0.3) is 0 Å². The Morgan fingerprint density at radius 3 is 2.60 bits per heavy atom. The molecule has 1 aromatic rings. The predicted molar refractivity (Wildman–Crippen MR) is 64.4 cm³/mol. The lowest BCUT2D eigenvalue weighted by molar-refractivity contribution is 0.399. The van der Waals surface area contributed by atoms with Gasteiger partial charge >= 0.3 is 0 Å². The van der Waals surface area contributed by atoms with Crippen LogP contribution >= 0.6 is 11.6 Å². The lowest BCUT2D eigenvalue weighted by Gasteiger charge is -2.17. The lowest BCUT2D eigenvalue weighted by Crippen LogP contribution is -2.13. The van der Waals surface area contributed by atoms with Crippen LogP contribution in [0, 0.1) is 5.92 Å². The molecule has 3 heteroatoms. The molecule has 0 heterocycles. The molecule has 1 unspecified atom stereocenters. The van der Waals surface area contributed by atoms with Crippen LogP contribution in [-0.4, -0.2) is 7.11 Å². The molecule has 1 rings (SSSR count). The molecule has 2 nitrogen and oxygen atoms in total. The minimum absolute atomic E-state index is 0.0113.